The summed E-state index contributed by atoms with van der Waals surface area (Å²) in [5.41, 5.74) is 2.15. The largest absolute Gasteiger partial charge is 0.289 e. The number of hydrogen-bond acceptors (Lipinski definition) is 2. The normalized spacial score (nSPS) is 10.1. The summed E-state index contributed by atoms with van der Waals surface area (Å²) in [4.78, 5) is 16.4. The van der Waals surface area contributed by atoms with E-state index in [0.29, 0.717) is 11.1 Å². The van der Waals surface area contributed by atoms with Crippen molar-refractivity contribution in [1.82, 2.24) is 4.98 Å². The lowest BCUT2D eigenvalue weighted by Crippen LogP contribution is -2.05. The molecule has 80 valence electrons. The number of benzene rings is 1. The molecule has 0 saturated carbocycles. The van der Waals surface area contributed by atoms with E-state index in [1.54, 1.807) is 0 Å². The van der Waals surface area contributed by atoms with Gasteiger partial charge in [0.2, 0.25) is 0 Å². The first-order valence-electron chi connectivity index (χ1n) is 4.91. The molecule has 0 aliphatic rings. The Hall–Kier alpha value is -1.23. The van der Waals surface area contributed by atoms with Crippen LogP contribution in [-0.2, 0) is 0 Å². The topological polar surface area (TPSA) is 30.0 Å². The number of aromatic nitrogens is 1. The second-order valence-electron chi connectivity index (χ2n) is 3.46. The maximum atomic E-state index is 12.1. The third-order valence-electron chi connectivity index (χ3n) is 2.33. The number of ketones is 1. The molecule has 0 saturated heterocycles. The van der Waals surface area contributed by atoms with Crippen LogP contribution < -0.4 is 0 Å². The summed E-state index contributed by atoms with van der Waals surface area (Å²) in [6.45, 7) is 1.86. The van der Waals surface area contributed by atoms with E-state index in [2.05, 4.69) is 27.6 Å². The average Bonchev–Trinajstić information content (AvgIpc) is 2.29. The van der Waals surface area contributed by atoms with Crippen molar-refractivity contribution in [2.45, 2.75) is 6.92 Å². The molecule has 0 radical (unpaired) electrons. The van der Waals surface area contributed by atoms with E-state index in [4.69, 9.17) is 0 Å². The van der Waals surface area contributed by atoms with Crippen LogP contribution >= 0.6 is 22.6 Å². The van der Waals surface area contributed by atoms with Gasteiger partial charge in [-0.05, 0) is 41.6 Å². The first kappa shape index (κ1) is 11.3. The molecule has 2 aromatic rings. The molecular weight excluding hydrogens is 313 g/mol. The van der Waals surface area contributed by atoms with Gasteiger partial charge in [-0.2, -0.15) is 0 Å². The number of hydrogen-bond donors (Lipinski definition) is 0. The SMILES string of the molecule is Cc1nc(I)ccc1C(=O)c1ccccc1. The Kier molecular flexibility index (Phi) is 3.33. The Balaban J connectivity index is 2.42. The van der Waals surface area contributed by atoms with E-state index in [-0.39, 0.29) is 5.78 Å². The molecule has 0 unspecified atom stereocenters. The number of pyridine rings is 1. The summed E-state index contributed by atoms with van der Waals surface area (Å²) in [6, 6.07) is 12.9. The van der Waals surface area contributed by atoms with Crippen LogP contribution in [0.2, 0.25) is 0 Å². The Morgan fingerprint density at radius 2 is 1.81 bits per heavy atom. The van der Waals surface area contributed by atoms with Gasteiger partial charge in [0.05, 0.1) is 0 Å². The first-order chi connectivity index (χ1) is 7.68. The summed E-state index contributed by atoms with van der Waals surface area (Å²) >= 11 is 2.14. The molecule has 1 aromatic carbocycles. The molecule has 3 heteroatoms. The lowest BCUT2D eigenvalue weighted by Gasteiger charge is -2.04. The van der Waals surface area contributed by atoms with Crippen LogP contribution in [0.1, 0.15) is 21.6 Å². The molecule has 0 fully saturated rings. The van der Waals surface area contributed by atoms with E-state index in [1.807, 2.05) is 49.4 Å². The number of carbonyl (C=O) groups excluding carboxylic acids is 1. The van der Waals surface area contributed by atoms with Crippen molar-refractivity contribution in [2.24, 2.45) is 0 Å². The number of rotatable bonds is 2. The molecule has 0 aliphatic carbocycles. The zero-order valence-electron chi connectivity index (χ0n) is 8.77. The standard InChI is InChI=1S/C13H10INO/c1-9-11(7-8-12(14)15-9)13(16)10-5-3-2-4-6-10/h2-8H,1H3. The minimum atomic E-state index is 0.0296. The average molecular weight is 323 g/mol. The Bertz CT molecular complexity index is 523. The molecule has 0 aliphatic heterocycles. The third kappa shape index (κ3) is 2.29. The van der Waals surface area contributed by atoms with Gasteiger partial charge in [0, 0.05) is 16.8 Å². The van der Waals surface area contributed by atoms with Crippen molar-refractivity contribution in [3.05, 3.63) is 63.0 Å². The third-order valence-corrected chi connectivity index (χ3v) is 2.93. The molecular formula is C13H10INO. The van der Waals surface area contributed by atoms with Crippen molar-refractivity contribution in [2.75, 3.05) is 0 Å². The quantitative estimate of drug-likeness (QED) is 0.482. The van der Waals surface area contributed by atoms with Crippen molar-refractivity contribution < 1.29 is 4.79 Å². The van der Waals surface area contributed by atoms with E-state index in [0.717, 1.165) is 9.39 Å². The fraction of sp³-hybridized carbons (Fsp3) is 0.0769. The van der Waals surface area contributed by atoms with Crippen LogP contribution in [0.25, 0.3) is 0 Å². The van der Waals surface area contributed by atoms with Gasteiger partial charge in [-0.1, -0.05) is 30.3 Å². The number of aryl methyl sites for hydroxylation is 1. The molecule has 0 N–H and O–H groups in total. The van der Waals surface area contributed by atoms with Crippen LogP contribution in [0.4, 0.5) is 0 Å². The van der Waals surface area contributed by atoms with Crippen LogP contribution in [0.15, 0.2) is 42.5 Å². The molecule has 2 nitrogen and oxygen atoms in total. The van der Waals surface area contributed by atoms with Crippen molar-refractivity contribution >= 4 is 28.4 Å². The highest BCUT2D eigenvalue weighted by molar-refractivity contribution is 14.1. The lowest BCUT2D eigenvalue weighted by molar-refractivity contribution is 0.103. The smallest absolute Gasteiger partial charge is 0.194 e. The van der Waals surface area contributed by atoms with E-state index < -0.39 is 0 Å². The van der Waals surface area contributed by atoms with Gasteiger partial charge in [-0.25, -0.2) is 4.98 Å². The molecule has 0 bridgehead atoms. The molecule has 0 spiro atoms. The fourth-order valence-corrected chi connectivity index (χ4v) is 2.06. The van der Waals surface area contributed by atoms with Crippen LogP contribution in [0.3, 0.4) is 0 Å². The van der Waals surface area contributed by atoms with Crippen molar-refractivity contribution in [1.29, 1.82) is 0 Å². The predicted molar refractivity (Wildman–Crippen MR) is 71.6 cm³/mol. The Morgan fingerprint density at radius 1 is 1.12 bits per heavy atom. The Morgan fingerprint density at radius 3 is 2.44 bits per heavy atom. The summed E-state index contributed by atoms with van der Waals surface area (Å²) in [5, 5.41) is 0. The van der Waals surface area contributed by atoms with Gasteiger partial charge >= 0.3 is 0 Å². The van der Waals surface area contributed by atoms with Gasteiger partial charge < -0.3 is 0 Å². The molecule has 0 amide bonds. The van der Waals surface area contributed by atoms with E-state index in [1.165, 1.54) is 0 Å². The molecule has 1 aromatic heterocycles. The van der Waals surface area contributed by atoms with E-state index >= 15 is 0 Å². The number of carbonyl (C=O) groups is 1. The van der Waals surface area contributed by atoms with Gasteiger partial charge in [-0.15, -0.1) is 0 Å². The first-order valence-corrected chi connectivity index (χ1v) is 5.99. The highest BCUT2D eigenvalue weighted by atomic mass is 127. The molecule has 2 rings (SSSR count). The van der Waals surface area contributed by atoms with Crippen LogP contribution in [0.5, 0.6) is 0 Å². The van der Waals surface area contributed by atoms with Gasteiger partial charge in [0.25, 0.3) is 0 Å². The summed E-state index contributed by atoms with van der Waals surface area (Å²) in [6.07, 6.45) is 0. The molecule has 1 heterocycles. The minimum absolute atomic E-state index is 0.0296. The van der Waals surface area contributed by atoms with Crippen LogP contribution in [-0.4, -0.2) is 10.8 Å². The van der Waals surface area contributed by atoms with Gasteiger partial charge in [-0.3, -0.25) is 4.79 Å². The highest BCUT2D eigenvalue weighted by Gasteiger charge is 2.11. The van der Waals surface area contributed by atoms with Gasteiger partial charge in [0.15, 0.2) is 5.78 Å². The Labute approximate surface area is 108 Å². The summed E-state index contributed by atoms with van der Waals surface area (Å²) in [7, 11) is 0. The number of nitrogens with zero attached hydrogens (tertiary/aromatic N) is 1. The van der Waals surface area contributed by atoms with Crippen molar-refractivity contribution in [3.8, 4) is 0 Å². The second-order valence-corrected chi connectivity index (χ2v) is 4.57. The maximum Gasteiger partial charge on any atom is 0.194 e. The van der Waals surface area contributed by atoms with Crippen molar-refractivity contribution in [3.63, 3.8) is 0 Å². The number of halogens is 1. The lowest BCUT2D eigenvalue weighted by atomic mass is 10.0. The predicted octanol–water partition coefficient (Wildman–Crippen LogP) is 3.23. The summed E-state index contributed by atoms with van der Waals surface area (Å²) < 4.78 is 0.903. The molecule has 0 atom stereocenters. The second kappa shape index (κ2) is 4.74. The monoisotopic (exact) mass is 323 g/mol. The maximum absolute atomic E-state index is 12.1. The molecule has 16 heavy (non-hydrogen) atoms. The van der Waals surface area contributed by atoms with Gasteiger partial charge in [0.1, 0.15) is 3.70 Å². The fourth-order valence-electron chi connectivity index (χ4n) is 1.52. The highest BCUT2D eigenvalue weighted by Crippen LogP contribution is 2.13. The zero-order valence-corrected chi connectivity index (χ0v) is 10.9. The zero-order chi connectivity index (χ0) is 11.5. The summed E-state index contributed by atoms with van der Waals surface area (Å²) in [5.74, 6) is 0.0296. The minimum Gasteiger partial charge on any atom is -0.289 e. The van der Waals surface area contributed by atoms with Crippen LogP contribution in [0, 0.1) is 10.6 Å². The van der Waals surface area contributed by atoms with E-state index in [9.17, 15) is 4.79 Å².